The molecule has 0 bridgehead atoms. The zero-order valence-electron chi connectivity index (χ0n) is 15.2. The maximum Gasteiger partial charge on any atom is 0.191 e. The highest BCUT2D eigenvalue weighted by Crippen LogP contribution is 2.21. The second-order valence-electron chi connectivity index (χ2n) is 6.57. The predicted octanol–water partition coefficient (Wildman–Crippen LogP) is 3.07. The van der Waals surface area contributed by atoms with Crippen molar-refractivity contribution in [3.05, 3.63) is 33.5 Å². The lowest BCUT2D eigenvalue weighted by Gasteiger charge is -2.24. The molecule has 3 rings (SSSR count). The molecule has 0 fully saturated rings. The number of aliphatic imine (C=N–C) groups is 1. The number of nitrogens with one attached hydrogen (secondary N) is 2. The van der Waals surface area contributed by atoms with Gasteiger partial charge in [0.1, 0.15) is 5.01 Å². The zero-order valence-corrected chi connectivity index (χ0v) is 18.4. The van der Waals surface area contributed by atoms with E-state index in [1.165, 1.54) is 11.3 Å². The second kappa shape index (κ2) is 8.98. The van der Waals surface area contributed by atoms with E-state index in [0.717, 1.165) is 35.9 Å². The summed E-state index contributed by atoms with van der Waals surface area (Å²) in [5.74, 6) is 0.833. The van der Waals surface area contributed by atoms with Crippen LogP contribution in [0.2, 0.25) is 0 Å². The van der Waals surface area contributed by atoms with Crippen LogP contribution in [0.4, 0.5) is 0 Å². The first kappa shape index (κ1) is 20.2. The molecule has 25 heavy (non-hydrogen) atoms. The second-order valence-corrected chi connectivity index (χ2v) is 7.51. The van der Waals surface area contributed by atoms with Crippen LogP contribution in [0.3, 0.4) is 0 Å². The largest absolute Gasteiger partial charge is 0.353 e. The van der Waals surface area contributed by atoms with Gasteiger partial charge < -0.3 is 10.6 Å². The molecule has 2 aromatic heterocycles. The molecule has 138 valence electrons. The molecule has 0 saturated heterocycles. The lowest BCUT2D eigenvalue weighted by molar-refractivity contribution is 0.499. The van der Waals surface area contributed by atoms with Crippen LogP contribution < -0.4 is 10.6 Å². The van der Waals surface area contributed by atoms with Gasteiger partial charge in [-0.1, -0.05) is 0 Å². The fourth-order valence-corrected chi connectivity index (χ4v) is 3.64. The number of guanidine groups is 1. The van der Waals surface area contributed by atoms with Crippen molar-refractivity contribution in [2.45, 2.75) is 58.7 Å². The highest BCUT2D eigenvalue weighted by molar-refractivity contribution is 14.0. The maximum absolute atomic E-state index is 4.74. The molecule has 1 unspecified atom stereocenters. The van der Waals surface area contributed by atoms with Crippen LogP contribution >= 0.6 is 35.3 Å². The number of aryl methyl sites for hydroxylation is 2. The van der Waals surface area contributed by atoms with Crippen molar-refractivity contribution in [2.75, 3.05) is 7.05 Å². The summed E-state index contributed by atoms with van der Waals surface area (Å²) >= 11 is 1.68. The quantitative estimate of drug-likeness (QED) is 0.406. The fraction of sp³-hybridized carbons (Fsp3) is 0.588. The van der Waals surface area contributed by atoms with Crippen LogP contribution in [0.1, 0.15) is 48.3 Å². The summed E-state index contributed by atoms with van der Waals surface area (Å²) in [7, 11) is 1.81. The Kier molecular flexibility index (Phi) is 7.24. The molecule has 0 aromatic carbocycles. The van der Waals surface area contributed by atoms with Crippen LogP contribution in [0.25, 0.3) is 0 Å². The number of hydrogen-bond acceptors (Lipinski definition) is 4. The van der Waals surface area contributed by atoms with E-state index < -0.39 is 0 Å². The van der Waals surface area contributed by atoms with Crippen molar-refractivity contribution in [2.24, 2.45) is 4.99 Å². The van der Waals surface area contributed by atoms with Crippen LogP contribution in [0.5, 0.6) is 0 Å². The molecule has 0 spiro atoms. The van der Waals surface area contributed by atoms with Gasteiger partial charge in [0.15, 0.2) is 5.96 Å². The first-order valence-electron chi connectivity index (χ1n) is 8.50. The van der Waals surface area contributed by atoms with Crippen molar-refractivity contribution >= 4 is 41.3 Å². The van der Waals surface area contributed by atoms with Crippen molar-refractivity contribution in [3.8, 4) is 0 Å². The Morgan fingerprint density at radius 2 is 2.28 bits per heavy atom. The molecule has 0 radical (unpaired) electrons. The smallest absolute Gasteiger partial charge is 0.191 e. The number of fused-ring (bicyclic) bond motifs is 1. The third-order valence-electron chi connectivity index (χ3n) is 4.26. The van der Waals surface area contributed by atoms with E-state index in [4.69, 9.17) is 5.10 Å². The molecular formula is C17H27IN6S. The highest BCUT2D eigenvalue weighted by Gasteiger charge is 2.23. The van der Waals surface area contributed by atoms with Gasteiger partial charge in [0.25, 0.3) is 0 Å². The minimum absolute atomic E-state index is 0. The Hall–Kier alpha value is -1.16. The number of halogens is 1. The molecule has 0 saturated carbocycles. The Bertz CT molecular complexity index is 721. The van der Waals surface area contributed by atoms with Gasteiger partial charge in [-0.05, 0) is 39.2 Å². The van der Waals surface area contributed by atoms with Gasteiger partial charge in [-0.25, -0.2) is 4.98 Å². The van der Waals surface area contributed by atoms with Gasteiger partial charge in [0.2, 0.25) is 0 Å². The van der Waals surface area contributed by atoms with Crippen LogP contribution in [0.15, 0.2) is 16.6 Å². The summed E-state index contributed by atoms with van der Waals surface area (Å²) in [5.41, 5.74) is 3.68. The van der Waals surface area contributed by atoms with Gasteiger partial charge in [-0.15, -0.1) is 35.3 Å². The average Bonchev–Trinajstić information content (AvgIpc) is 3.17. The van der Waals surface area contributed by atoms with Crippen molar-refractivity contribution in [3.63, 3.8) is 0 Å². The van der Waals surface area contributed by atoms with Crippen molar-refractivity contribution in [1.82, 2.24) is 25.4 Å². The lowest BCUT2D eigenvalue weighted by Crippen LogP contribution is -2.45. The average molecular weight is 474 g/mol. The number of nitrogens with zero attached hydrogens (tertiary/aromatic N) is 4. The predicted molar refractivity (Wildman–Crippen MR) is 114 cm³/mol. The molecule has 1 atom stereocenters. The SMILES string of the molecule is CN=C(NCc1nc(C)cs1)NC1CCc2cn(C(C)C)nc2C1.I. The van der Waals surface area contributed by atoms with E-state index in [2.05, 4.69) is 50.7 Å². The van der Waals surface area contributed by atoms with Crippen LogP contribution in [0, 0.1) is 6.92 Å². The van der Waals surface area contributed by atoms with Gasteiger partial charge in [-0.2, -0.15) is 5.10 Å². The summed E-state index contributed by atoms with van der Waals surface area (Å²) in [4.78, 5) is 8.81. The summed E-state index contributed by atoms with van der Waals surface area (Å²) in [6.07, 6.45) is 5.33. The van der Waals surface area contributed by atoms with E-state index in [9.17, 15) is 0 Å². The zero-order chi connectivity index (χ0) is 17.1. The van der Waals surface area contributed by atoms with E-state index in [-0.39, 0.29) is 24.0 Å². The molecular weight excluding hydrogens is 447 g/mol. The summed E-state index contributed by atoms with van der Waals surface area (Å²) in [5, 5.41) is 14.8. The molecule has 0 amide bonds. The molecule has 1 aliphatic carbocycles. The maximum atomic E-state index is 4.74. The third kappa shape index (κ3) is 5.16. The minimum Gasteiger partial charge on any atom is -0.353 e. The monoisotopic (exact) mass is 474 g/mol. The molecule has 2 N–H and O–H groups in total. The molecule has 0 aliphatic heterocycles. The summed E-state index contributed by atoms with van der Waals surface area (Å²) in [6, 6.07) is 0.787. The Labute approximate surface area is 170 Å². The van der Waals surface area contributed by atoms with Gasteiger partial charge in [0.05, 0.1) is 12.2 Å². The van der Waals surface area contributed by atoms with E-state index in [0.29, 0.717) is 18.6 Å². The first-order chi connectivity index (χ1) is 11.5. The first-order valence-corrected chi connectivity index (χ1v) is 9.38. The number of aromatic nitrogens is 3. The van der Waals surface area contributed by atoms with Crippen molar-refractivity contribution < 1.29 is 0 Å². The van der Waals surface area contributed by atoms with E-state index >= 15 is 0 Å². The number of rotatable bonds is 4. The summed E-state index contributed by atoms with van der Waals surface area (Å²) in [6.45, 7) is 7.06. The van der Waals surface area contributed by atoms with Gasteiger partial charge in [-0.3, -0.25) is 9.67 Å². The Balaban J connectivity index is 0.00000225. The number of thiazole rings is 1. The molecule has 1 aliphatic rings. The van der Waals surface area contributed by atoms with Gasteiger partial charge >= 0.3 is 0 Å². The van der Waals surface area contributed by atoms with Gasteiger partial charge in [0, 0.05) is 42.8 Å². The fourth-order valence-electron chi connectivity index (χ4n) is 2.93. The van der Waals surface area contributed by atoms with Crippen molar-refractivity contribution in [1.29, 1.82) is 0 Å². The van der Waals surface area contributed by atoms with Crippen LogP contribution in [-0.2, 0) is 19.4 Å². The minimum atomic E-state index is 0. The lowest BCUT2D eigenvalue weighted by atomic mass is 9.94. The standard InChI is InChI=1S/C17H26N6S.HI/c1-11(2)23-9-13-5-6-14(7-15(13)22-23)21-17(18-4)19-8-16-20-12(3)10-24-16;/h9-11,14H,5-8H2,1-4H3,(H2,18,19,21);1H. The number of hydrogen-bond donors (Lipinski definition) is 2. The highest BCUT2D eigenvalue weighted by atomic mass is 127. The van der Waals surface area contributed by atoms with E-state index in [1.807, 2.05) is 14.0 Å². The topological polar surface area (TPSA) is 67.1 Å². The third-order valence-corrected chi connectivity index (χ3v) is 5.23. The molecule has 2 heterocycles. The Morgan fingerprint density at radius 1 is 1.48 bits per heavy atom. The van der Waals surface area contributed by atoms with Crippen LogP contribution in [-0.4, -0.2) is 33.8 Å². The molecule has 8 heteroatoms. The molecule has 2 aromatic rings. The molecule has 6 nitrogen and oxygen atoms in total. The normalized spacial score (nSPS) is 17.2. The Morgan fingerprint density at radius 3 is 2.92 bits per heavy atom. The summed E-state index contributed by atoms with van der Waals surface area (Å²) < 4.78 is 2.07. The van der Waals surface area contributed by atoms with E-state index in [1.54, 1.807) is 11.3 Å².